The van der Waals surface area contributed by atoms with Gasteiger partial charge in [-0.25, -0.2) is 4.98 Å². The van der Waals surface area contributed by atoms with E-state index >= 15 is 0 Å². The van der Waals surface area contributed by atoms with Crippen LogP contribution in [0.15, 0.2) is 0 Å². The number of nitrogens with zero attached hydrogens (tertiary/aromatic N) is 2. The van der Waals surface area contributed by atoms with E-state index in [1.807, 2.05) is 6.92 Å². The van der Waals surface area contributed by atoms with E-state index in [2.05, 4.69) is 20.5 Å². The molecule has 2 rings (SSSR count). The van der Waals surface area contributed by atoms with Gasteiger partial charge in [-0.15, -0.1) is 5.10 Å². The number of aromatic amines is 1. The van der Waals surface area contributed by atoms with Crippen molar-refractivity contribution in [2.75, 3.05) is 6.54 Å². The molecule has 1 aromatic rings. The van der Waals surface area contributed by atoms with Gasteiger partial charge < -0.3 is 11.1 Å². The molecule has 6 nitrogen and oxygen atoms in total. The summed E-state index contributed by atoms with van der Waals surface area (Å²) in [5, 5.41) is 9.29. The normalized spacial score (nSPS) is 17.1. The zero-order chi connectivity index (χ0) is 11.5. The molecule has 1 unspecified atom stereocenters. The highest BCUT2D eigenvalue weighted by Gasteiger charge is 2.28. The van der Waals surface area contributed by atoms with Crippen molar-refractivity contribution >= 4 is 5.91 Å². The van der Waals surface area contributed by atoms with Gasteiger partial charge in [-0.2, -0.15) is 0 Å². The molecule has 1 heterocycles. The molecule has 0 radical (unpaired) electrons. The predicted molar refractivity (Wildman–Crippen MR) is 58.8 cm³/mol. The van der Waals surface area contributed by atoms with E-state index in [4.69, 9.17) is 5.73 Å². The smallest absolute Gasteiger partial charge is 0.291 e. The topological polar surface area (TPSA) is 96.7 Å². The molecule has 0 bridgehead atoms. The van der Waals surface area contributed by atoms with Crippen LogP contribution in [-0.2, 0) is 6.42 Å². The average molecular weight is 223 g/mol. The number of amides is 1. The molecule has 0 saturated heterocycles. The number of H-pyrrole nitrogens is 1. The molecule has 1 aliphatic rings. The molecular formula is C10H17N5O. The summed E-state index contributed by atoms with van der Waals surface area (Å²) < 4.78 is 0. The summed E-state index contributed by atoms with van der Waals surface area (Å²) >= 11 is 0. The number of aryl methyl sites for hydroxylation is 1. The van der Waals surface area contributed by atoms with Crippen LogP contribution in [0.5, 0.6) is 0 Å². The van der Waals surface area contributed by atoms with Gasteiger partial charge in [-0.05, 0) is 18.8 Å². The van der Waals surface area contributed by atoms with Gasteiger partial charge in [0.15, 0.2) is 0 Å². The van der Waals surface area contributed by atoms with Gasteiger partial charge in [0.1, 0.15) is 5.82 Å². The minimum atomic E-state index is -0.257. The molecule has 0 aliphatic heterocycles. The SMILES string of the molecule is CCc1nc(C(=O)NCC(N)C2CC2)n[nH]1. The van der Waals surface area contributed by atoms with Crippen LogP contribution in [0.1, 0.15) is 36.2 Å². The summed E-state index contributed by atoms with van der Waals surface area (Å²) in [5.41, 5.74) is 5.87. The maximum atomic E-state index is 11.6. The third-order valence-corrected chi connectivity index (χ3v) is 2.80. The maximum absolute atomic E-state index is 11.6. The van der Waals surface area contributed by atoms with Crippen LogP contribution in [0.2, 0.25) is 0 Å². The first-order chi connectivity index (χ1) is 7.70. The minimum absolute atomic E-state index is 0.0635. The third-order valence-electron chi connectivity index (χ3n) is 2.80. The van der Waals surface area contributed by atoms with E-state index in [-0.39, 0.29) is 17.8 Å². The molecular weight excluding hydrogens is 206 g/mol. The van der Waals surface area contributed by atoms with Gasteiger partial charge in [0.2, 0.25) is 5.82 Å². The predicted octanol–water partition coefficient (Wildman–Crippen LogP) is -0.166. The van der Waals surface area contributed by atoms with Gasteiger partial charge >= 0.3 is 0 Å². The lowest BCUT2D eigenvalue weighted by Crippen LogP contribution is -2.38. The number of nitrogens with one attached hydrogen (secondary N) is 2. The van der Waals surface area contributed by atoms with Gasteiger partial charge in [0, 0.05) is 19.0 Å². The molecule has 0 spiro atoms. The Bertz CT molecular complexity index is 371. The Kier molecular flexibility index (Phi) is 3.19. The Morgan fingerprint density at radius 2 is 2.44 bits per heavy atom. The van der Waals surface area contributed by atoms with E-state index in [0.717, 1.165) is 12.2 Å². The minimum Gasteiger partial charge on any atom is -0.348 e. The number of aromatic nitrogens is 3. The van der Waals surface area contributed by atoms with Crippen LogP contribution in [0.3, 0.4) is 0 Å². The number of hydrogen-bond donors (Lipinski definition) is 3. The van der Waals surface area contributed by atoms with Crippen molar-refractivity contribution in [3.8, 4) is 0 Å². The van der Waals surface area contributed by atoms with Crippen LogP contribution in [0.25, 0.3) is 0 Å². The fraction of sp³-hybridized carbons (Fsp3) is 0.700. The molecule has 88 valence electrons. The van der Waals surface area contributed by atoms with Crippen molar-refractivity contribution in [2.45, 2.75) is 32.2 Å². The van der Waals surface area contributed by atoms with E-state index in [9.17, 15) is 4.79 Å². The van der Waals surface area contributed by atoms with Crippen LogP contribution < -0.4 is 11.1 Å². The first-order valence-electron chi connectivity index (χ1n) is 5.65. The zero-order valence-corrected chi connectivity index (χ0v) is 9.36. The molecule has 1 aliphatic carbocycles. The van der Waals surface area contributed by atoms with Crippen molar-refractivity contribution in [1.82, 2.24) is 20.5 Å². The maximum Gasteiger partial charge on any atom is 0.291 e. The van der Waals surface area contributed by atoms with Crippen LogP contribution in [-0.4, -0.2) is 33.7 Å². The lowest BCUT2D eigenvalue weighted by atomic mass is 10.2. The van der Waals surface area contributed by atoms with E-state index in [0.29, 0.717) is 12.5 Å². The molecule has 4 N–H and O–H groups in total. The molecule has 1 amide bonds. The first kappa shape index (κ1) is 11.1. The van der Waals surface area contributed by atoms with Crippen molar-refractivity contribution in [3.63, 3.8) is 0 Å². The van der Waals surface area contributed by atoms with Crippen LogP contribution in [0, 0.1) is 5.92 Å². The Balaban J connectivity index is 1.82. The van der Waals surface area contributed by atoms with Gasteiger partial charge in [-0.1, -0.05) is 6.92 Å². The van der Waals surface area contributed by atoms with Crippen LogP contribution in [0.4, 0.5) is 0 Å². The second kappa shape index (κ2) is 4.61. The zero-order valence-electron chi connectivity index (χ0n) is 9.36. The summed E-state index contributed by atoms with van der Waals surface area (Å²) in [6.45, 7) is 2.45. The number of rotatable bonds is 5. The lowest BCUT2D eigenvalue weighted by Gasteiger charge is -2.09. The monoisotopic (exact) mass is 223 g/mol. The summed E-state index contributed by atoms with van der Waals surface area (Å²) in [6.07, 6.45) is 3.09. The summed E-state index contributed by atoms with van der Waals surface area (Å²) in [6, 6.07) is 0.0635. The molecule has 1 fully saturated rings. The van der Waals surface area contributed by atoms with Crippen molar-refractivity contribution in [1.29, 1.82) is 0 Å². The molecule has 1 atom stereocenters. The molecule has 1 aromatic heterocycles. The van der Waals surface area contributed by atoms with Crippen molar-refractivity contribution < 1.29 is 4.79 Å². The standard InChI is InChI=1S/C10H17N5O/c1-2-8-13-9(15-14-8)10(16)12-5-7(11)6-3-4-6/h6-7H,2-5,11H2,1H3,(H,12,16)(H,13,14,15). The highest BCUT2D eigenvalue weighted by Crippen LogP contribution is 2.31. The number of carbonyl (C=O) groups is 1. The Labute approximate surface area is 94.0 Å². The Morgan fingerprint density at radius 3 is 3.00 bits per heavy atom. The number of carbonyl (C=O) groups excluding carboxylic acids is 1. The third kappa shape index (κ3) is 2.57. The van der Waals surface area contributed by atoms with Gasteiger partial charge in [-0.3, -0.25) is 9.89 Å². The van der Waals surface area contributed by atoms with Crippen molar-refractivity contribution in [3.05, 3.63) is 11.6 Å². The fourth-order valence-electron chi connectivity index (χ4n) is 1.54. The highest BCUT2D eigenvalue weighted by atomic mass is 16.2. The summed E-state index contributed by atoms with van der Waals surface area (Å²) in [7, 11) is 0. The molecule has 16 heavy (non-hydrogen) atoms. The molecule has 6 heteroatoms. The largest absolute Gasteiger partial charge is 0.348 e. The first-order valence-corrected chi connectivity index (χ1v) is 5.65. The van der Waals surface area contributed by atoms with Crippen molar-refractivity contribution in [2.24, 2.45) is 11.7 Å². The average Bonchev–Trinajstić information content (AvgIpc) is 3.03. The van der Waals surface area contributed by atoms with Gasteiger partial charge in [0.25, 0.3) is 5.91 Å². The fourth-order valence-corrected chi connectivity index (χ4v) is 1.54. The summed E-state index contributed by atoms with van der Waals surface area (Å²) in [4.78, 5) is 15.7. The van der Waals surface area contributed by atoms with E-state index in [1.165, 1.54) is 12.8 Å². The van der Waals surface area contributed by atoms with E-state index < -0.39 is 0 Å². The van der Waals surface area contributed by atoms with E-state index in [1.54, 1.807) is 0 Å². The summed E-state index contributed by atoms with van der Waals surface area (Å²) in [5.74, 6) is 1.24. The number of nitrogens with two attached hydrogens (primary N) is 1. The number of hydrogen-bond acceptors (Lipinski definition) is 4. The van der Waals surface area contributed by atoms with Gasteiger partial charge in [0.05, 0.1) is 0 Å². The molecule has 0 aromatic carbocycles. The van der Waals surface area contributed by atoms with Crippen LogP contribution >= 0.6 is 0 Å². The quantitative estimate of drug-likeness (QED) is 0.646. The Morgan fingerprint density at radius 1 is 1.69 bits per heavy atom. The molecule has 1 saturated carbocycles. The second-order valence-electron chi connectivity index (χ2n) is 4.17. The highest BCUT2D eigenvalue weighted by molar-refractivity contribution is 5.90. The lowest BCUT2D eigenvalue weighted by molar-refractivity contribution is 0.0940. The Hall–Kier alpha value is -1.43. The second-order valence-corrected chi connectivity index (χ2v) is 4.17.